The topological polar surface area (TPSA) is 102 Å². The summed E-state index contributed by atoms with van der Waals surface area (Å²) < 4.78 is 5.52. The highest BCUT2D eigenvalue weighted by atomic mass is 35.5. The van der Waals surface area contributed by atoms with E-state index >= 15 is 0 Å². The summed E-state index contributed by atoms with van der Waals surface area (Å²) in [4.78, 5) is 10.1. The lowest BCUT2D eigenvalue weighted by Gasteiger charge is -2.08. The number of nitro benzene ring substituents is 1. The van der Waals surface area contributed by atoms with Gasteiger partial charge in [-0.3, -0.25) is 15.5 Å². The van der Waals surface area contributed by atoms with Crippen LogP contribution in [-0.2, 0) is 6.61 Å². The number of ether oxygens (including phenoxy) is 1. The van der Waals surface area contributed by atoms with Gasteiger partial charge in [0.15, 0.2) is 0 Å². The molecule has 7 heteroatoms. The minimum atomic E-state index is -0.518. The third-order valence-electron chi connectivity index (χ3n) is 2.79. The second kappa shape index (κ2) is 6.23. The summed E-state index contributed by atoms with van der Waals surface area (Å²) in [6, 6.07) is 11.1. The van der Waals surface area contributed by atoms with E-state index in [0.717, 1.165) is 5.56 Å². The fraction of sp³-hybridized carbons (Fsp3) is 0.0714. The average Bonchev–Trinajstić information content (AvgIpc) is 2.46. The van der Waals surface area contributed by atoms with Crippen molar-refractivity contribution in [2.75, 3.05) is 0 Å². The monoisotopic (exact) mass is 305 g/mol. The molecule has 21 heavy (non-hydrogen) atoms. The molecule has 0 fully saturated rings. The van der Waals surface area contributed by atoms with Crippen molar-refractivity contribution in [3.63, 3.8) is 0 Å². The first-order chi connectivity index (χ1) is 9.97. The van der Waals surface area contributed by atoms with Gasteiger partial charge >= 0.3 is 0 Å². The number of non-ortho nitro benzene ring substituents is 1. The highest BCUT2D eigenvalue weighted by molar-refractivity contribution is 6.32. The standard InChI is InChI=1S/C14H12ClN3O3/c15-12-7-11(18(19)20)5-6-13(12)21-8-9-1-3-10(4-2-9)14(16)17/h1-7H,8H2,(H3,16,17). The van der Waals surface area contributed by atoms with Crippen molar-refractivity contribution in [2.24, 2.45) is 5.73 Å². The maximum Gasteiger partial charge on any atom is 0.271 e. The molecule has 0 bridgehead atoms. The zero-order chi connectivity index (χ0) is 15.4. The Kier molecular flexibility index (Phi) is 4.39. The summed E-state index contributed by atoms with van der Waals surface area (Å²) in [7, 11) is 0. The molecular weight excluding hydrogens is 294 g/mol. The van der Waals surface area contributed by atoms with Crippen molar-refractivity contribution in [1.29, 1.82) is 5.41 Å². The molecule has 0 radical (unpaired) electrons. The van der Waals surface area contributed by atoms with Crippen LogP contribution in [0, 0.1) is 15.5 Å². The molecule has 0 amide bonds. The molecule has 0 heterocycles. The first-order valence-corrected chi connectivity index (χ1v) is 6.35. The van der Waals surface area contributed by atoms with Crippen molar-refractivity contribution in [1.82, 2.24) is 0 Å². The van der Waals surface area contributed by atoms with E-state index in [-0.39, 0.29) is 23.2 Å². The number of nitrogens with zero attached hydrogens (tertiary/aromatic N) is 1. The van der Waals surface area contributed by atoms with E-state index in [9.17, 15) is 10.1 Å². The third-order valence-corrected chi connectivity index (χ3v) is 3.08. The van der Waals surface area contributed by atoms with E-state index in [4.69, 9.17) is 27.5 Å². The Balaban J connectivity index is 2.06. The molecule has 6 nitrogen and oxygen atoms in total. The molecule has 0 atom stereocenters. The van der Waals surface area contributed by atoms with Gasteiger partial charge in [0, 0.05) is 17.7 Å². The van der Waals surface area contributed by atoms with E-state index in [2.05, 4.69) is 0 Å². The number of amidine groups is 1. The van der Waals surface area contributed by atoms with E-state index in [1.54, 1.807) is 24.3 Å². The van der Waals surface area contributed by atoms with Crippen LogP contribution in [0.15, 0.2) is 42.5 Å². The lowest BCUT2D eigenvalue weighted by Crippen LogP contribution is -2.10. The summed E-state index contributed by atoms with van der Waals surface area (Å²) in [6.07, 6.45) is 0. The number of nitrogen functional groups attached to an aromatic ring is 1. The molecule has 0 spiro atoms. The van der Waals surface area contributed by atoms with Crippen LogP contribution in [0.4, 0.5) is 5.69 Å². The van der Waals surface area contributed by atoms with Gasteiger partial charge < -0.3 is 10.5 Å². The Morgan fingerprint density at radius 3 is 2.48 bits per heavy atom. The molecule has 108 valence electrons. The van der Waals surface area contributed by atoms with Crippen LogP contribution in [-0.4, -0.2) is 10.8 Å². The molecule has 0 saturated carbocycles. The maximum atomic E-state index is 10.6. The van der Waals surface area contributed by atoms with Crippen LogP contribution >= 0.6 is 11.6 Å². The minimum absolute atomic E-state index is 0.000816. The SMILES string of the molecule is N=C(N)c1ccc(COc2ccc([N+](=O)[O-])cc2Cl)cc1. The van der Waals surface area contributed by atoms with Crippen LogP contribution in [0.25, 0.3) is 0 Å². The maximum absolute atomic E-state index is 10.6. The third kappa shape index (κ3) is 3.70. The zero-order valence-corrected chi connectivity index (χ0v) is 11.6. The number of benzene rings is 2. The van der Waals surface area contributed by atoms with Crippen LogP contribution in [0.2, 0.25) is 5.02 Å². The Morgan fingerprint density at radius 1 is 1.29 bits per heavy atom. The van der Waals surface area contributed by atoms with Gasteiger partial charge in [0.05, 0.1) is 9.95 Å². The second-order valence-electron chi connectivity index (χ2n) is 4.27. The first-order valence-electron chi connectivity index (χ1n) is 5.97. The minimum Gasteiger partial charge on any atom is -0.487 e. The van der Waals surface area contributed by atoms with Gasteiger partial charge in [0.1, 0.15) is 18.2 Å². The first kappa shape index (κ1) is 14.8. The van der Waals surface area contributed by atoms with Crippen LogP contribution in [0.5, 0.6) is 5.75 Å². The predicted octanol–water partition coefficient (Wildman–Crippen LogP) is 3.11. The molecule has 0 aromatic heterocycles. The molecule has 3 N–H and O–H groups in total. The summed E-state index contributed by atoms with van der Waals surface area (Å²) in [5.74, 6) is 0.374. The molecule has 0 unspecified atom stereocenters. The van der Waals surface area contributed by atoms with Gasteiger partial charge in [0.25, 0.3) is 5.69 Å². The Morgan fingerprint density at radius 2 is 1.95 bits per heavy atom. The molecule has 0 aliphatic rings. The lowest BCUT2D eigenvalue weighted by molar-refractivity contribution is -0.384. The number of halogens is 1. The lowest BCUT2D eigenvalue weighted by atomic mass is 10.1. The number of nitrogens with one attached hydrogen (secondary N) is 1. The highest BCUT2D eigenvalue weighted by Crippen LogP contribution is 2.29. The number of hydrogen-bond acceptors (Lipinski definition) is 4. The summed E-state index contributed by atoms with van der Waals surface area (Å²) >= 11 is 5.93. The average molecular weight is 306 g/mol. The quantitative estimate of drug-likeness (QED) is 0.383. The van der Waals surface area contributed by atoms with Gasteiger partial charge in [-0.25, -0.2) is 0 Å². The van der Waals surface area contributed by atoms with Crippen LogP contribution in [0.3, 0.4) is 0 Å². The van der Waals surface area contributed by atoms with Crippen molar-refractivity contribution < 1.29 is 9.66 Å². The van der Waals surface area contributed by atoms with Crippen molar-refractivity contribution in [3.8, 4) is 5.75 Å². The fourth-order valence-electron chi connectivity index (χ4n) is 1.66. The van der Waals surface area contributed by atoms with E-state index < -0.39 is 4.92 Å². The molecular formula is C14H12ClN3O3. The number of hydrogen-bond donors (Lipinski definition) is 2. The largest absolute Gasteiger partial charge is 0.487 e. The van der Waals surface area contributed by atoms with Crippen LogP contribution < -0.4 is 10.5 Å². The number of nitrogens with two attached hydrogens (primary N) is 1. The van der Waals surface area contributed by atoms with Gasteiger partial charge in [-0.2, -0.15) is 0 Å². The summed E-state index contributed by atoms with van der Waals surface area (Å²) in [6.45, 7) is 0.260. The van der Waals surface area contributed by atoms with E-state index in [1.165, 1.54) is 18.2 Å². The molecule has 2 aromatic rings. The van der Waals surface area contributed by atoms with Crippen LogP contribution in [0.1, 0.15) is 11.1 Å². The second-order valence-corrected chi connectivity index (χ2v) is 4.68. The molecule has 0 aliphatic heterocycles. The van der Waals surface area contributed by atoms with Gasteiger partial charge in [-0.05, 0) is 11.6 Å². The number of rotatable bonds is 5. The van der Waals surface area contributed by atoms with Gasteiger partial charge in [-0.15, -0.1) is 0 Å². The zero-order valence-electron chi connectivity index (χ0n) is 10.9. The normalized spacial score (nSPS) is 10.1. The summed E-state index contributed by atoms with van der Waals surface area (Å²) in [5, 5.41) is 18.1. The molecule has 0 aliphatic carbocycles. The molecule has 2 rings (SSSR count). The Labute approximate surface area is 125 Å². The van der Waals surface area contributed by atoms with Crippen molar-refractivity contribution in [2.45, 2.75) is 6.61 Å². The highest BCUT2D eigenvalue weighted by Gasteiger charge is 2.10. The van der Waals surface area contributed by atoms with Gasteiger partial charge in [-0.1, -0.05) is 35.9 Å². The smallest absolute Gasteiger partial charge is 0.271 e. The molecule has 0 saturated heterocycles. The van der Waals surface area contributed by atoms with Gasteiger partial charge in [0.2, 0.25) is 0 Å². The van der Waals surface area contributed by atoms with E-state index in [0.29, 0.717) is 11.3 Å². The van der Waals surface area contributed by atoms with E-state index in [1.807, 2.05) is 0 Å². The summed E-state index contributed by atoms with van der Waals surface area (Å²) in [5.41, 5.74) is 6.78. The van der Waals surface area contributed by atoms with Crippen molar-refractivity contribution >= 4 is 23.1 Å². The molecule has 2 aromatic carbocycles. The van der Waals surface area contributed by atoms with Crippen molar-refractivity contribution in [3.05, 3.63) is 68.7 Å². The Hall–Kier alpha value is -2.60. The number of nitro groups is 1. The Bertz CT molecular complexity index is 686. The predicted molar refractivity (Wildman–Crippen MR) is 79.9 cm³/mol. The fourth-order valence-corrected chi connectivity index (χ4v) is 1.89.